The molecule has 0 aromatic heterocycles. The zero-order valence-electron chi connectivity index (χ0n) is 45.0. The summed E-state index contributed by atoms with van der Waals surface area (Å²) in [5, 5.41) is 0. The number of hydrogen-bond donors (Lipinski definition) is 0. The quantitative estimate of drug-likeness (QED) is 0.0262. The lowest BCUT2D eigenvalue weighted by molar-refractivity contribution is -0.167. The summed E-state index contributed by atoms with van der Waals surface area (Å²) < 4.78 is 16.8. The summed E-state index contributed by atoms with van der Waals surface area (Å²) in [6.07, 6.45) is 75.5. The third kappa shape index (κ3) is 55.1. The van der Waals surface area contributed by atoms with Crippen LogP contribution in [0.15, 0.2) is 97.2 Å². The molecule has 0 aliphatic rings. The van der Waals surface area contributed by atoms with Crippen LogP contribution in [0.2, 0.25) is 0 Å². The highest BCUT2D eigenvalue weighted by Crippen LogP contribution is 2.15. The molecule has 6 nitrogen and oxygen atoms in total. The third-order valence-electron chi connectivity index (χ3n) is 12.1. The van der Waals surface area contributed by atoms with Crippen LogP contribution in [0.25, 0.3) is 0 Å². The summed E-state index contributed by atoms with van der Waals surface area (Å²) in [5.74, 6) is -0.953. The van der Waals surface area contributed by atoms with Crippen LogP contribution in [0, 0.1) is 0 Å². The maximum atomic E-state index is 12.8. The average molecular weight is 960 g/mol. The van der Waals surface area contributed by atoms with Crippen molar-refractivity contribution >= 4 is 17.9 Å². The van der Waals surface area contributed by atoms with Crippen LogP contribution in [0.1, 0.15) is 265 Å². The van der Waals surface area contributed by atoms with Gasteiger partial charge in [0.05, 0.1) is 0 Å². The third-order valence-corrected chi connectivity index (χ3v) is 12.1. The van der Waals surface area contributed by atoms with Crippen LogP contribution in [0.3, 0.4) is 0 Å². The molecule has 0 saturated carbocycles. The van der Waals surface area contributed by atoms with Gasteiger partial charge in [0.2, 0.25) is 0 Å². The smallest absolute Gasteiger partial charge is 0.306 e. The lowest BCUT2D eigenvalue weighted by Gasteiger charge is -2.18. The second-order valence-corrected chi connectivity index (χ2v) is 18.8. The minimum atomic E-state index is -0.804. The molecule has 0 aliphatic heterocycles. The molecule has 0 aromatic rings. The molecular formula is C63H106O6. The van der Waals surface area contributed by atoms with Crippen molar-refractivity contribution in [3.8, 4) is 0 Å². The molecule has 0 saturated heterocycles. The normalized spacial score (nSPS) is 12.8. The highest BCUT2D eigenvalue weighted by Gasteiger charge is 2.19. The van der Waals surface area contributed by atoms with E-state index >= 15 is 0 Å². The van der Waals surface area contributed by atoms with Crippen molar-refractivity contribution in [2.24, 2.45) is 0 Å². The van der Waals surface area contributed by atoms with E-state index in [0.29, 0.717) is 19.3 Å². The van der Waals surface area contributed by atoms with Crippen molar-refractivity contribution in [3.63, 3.8) is 0 Å². The first-order valence-corrected chi connectivity index (χ1v) is 28.7. The van der Waals surface area contributed by atoms with Crippen molar-refractivity contribution in [2.45, 2.75) is 271 Å². The van der Waals surface area contributed by atoms with E-state index in [9.17, 15) is 14.4 Å². The predicted octanol–water partition coefficient (Wildman–Crippen LogP) is 19.3. The molecule has 0 spiro atoms. The number of hydrogen-bond acceptors (Lipinski definition) is 6. The van der Waals surface area contributed by atoms with Gasteiger partial charge in [0.25, 0.3) is 0 Å². The van der Waals surface area contributed by atoms with Gasteiger partial charge < -0.3 is 14.2 Å². The minimum absolute atomic E-state index is 0.0985. The summed E-state index contributed by atoms with van der Waals surface area (Å²) in [6, 6.07) is 0. The van der Waals surface area contributed by atoms with Gasteiger partial charge in [-0.2, -0.15) is 0 Å². The summed E-state index contributed by atoms with van der Waals surface area (Å²) >= 11 is 0. The molecule has 0 heterocycles. The van der Waals surface area contributed by atoms with Gasteiger partial charge in [0.15, 0.2) is 6.10 Å². The van der Waals surface area contributed by atoms with Crippen LogP contribution in [0.5, 0.6) is 0 Å². The molecule has 0 radical (unpaired) electrons. The molecule has 0 N–H and O–H groups in total. The number of ether oxygens (including phenoxy) is 3. The van der Waals surface area contributed by atoms with Gasteiger partial charge in [-0.1, -0.05) is 227 Å². The molecule has 6 heteroatoms. The number of allylic oxidation sites excluding steroid dienone is 16. The molecule has 69 heavy (non-hydrogen) atoms. The van der Waals surface area contributed by atoms with Gasteiger partial charge in [-0.05, 0) is 116 Å². The Bertz CT molecular complexity index is 1380. The Hall–Kier alpha value is -3.67. The van der Waals surface area contributed by atoms with E-state index < -0.39 is 6.10 Å². The van der Waals surface area contributed by atoms with Crippen LogP contribution in [-0.2, 0) is 28.6 Å². The van der Waals surface area contributed by atoms with Gasteiger partial charge >= 0.3 is 17.9 Å². The first-order valence-electron chi connectivity index (χ1n) is 28.7. The number of carbonyl (C=O) groups is 3. The molecule has 0 aliphatic carbocycles. The van der Waals surface area contributed by atoms with Gasteiger partial charge in [-0.3, -0.25) is 14.4 Å². The molecule has 0 fully saturated rings. The van der Waals surface area contributed by atoms with Crippen molar-refractivity contribution < 1.29 is 28.6 Å². The summed E-state index contributed by atoms with van der Waals surface area (Å²) in [4.78, 5) is 38.1. The first-order chi connectivity index (χ1) is 34.0. The Morgan fingerprint density at radius 1 is 0.304 bits per heavy atom. The molecule has 0 bridgehead atoms. The van der Waals surface area contributed by atoms with Crippen molar-refractivity contribution in [1.29, 1.82) is 0 Å². The summed E-state index contributed by atoms with van der Waals surface area (Å²) in [5.41, 5.74) is 0. The Kier molecular flexibility index (Phi) is 53.9. The molecule has 394 valence electrons. The van der Waals surface area contributed by atoms with Crippen molar-refractivity contribution in [1.82, 2.24) is 0 Å². The fourth-order valence-corrected chi connectivity index (χ4v) is 7.80. The topological polar surface area (TPSA) is 78.9 Å². The molecule has 0 amide bonds. The summed E-state index contributed by atoms with van der Waals surface area (Å²) in [7, 11) is 0. The van der Waals surface area contributed by atoms with E-state index in [-0.39, 0.29) is 31.1 Å². The largest absolute Gasteiger partial charge is 0.462 e. The monoisotopic (exact) mass is 959 g/mol. The van der Waals surface area contributed by atoms with Crippen LogP contribution < -0.4 is 0 Å². The zero-order chi connectivity index (χ0) is 50.0. The van der Waals surface area contributed by atoms with Crippen molar-refractivity contribution in [3.05, 3.63) is 97.2 Å². The van der Waals surface area contributed by atoms with Crippen LogP contribution in [-0.4, -0.2) is 37.2 Å². The predicted molar refractivity (Wildman–Crippen MR) is 297 cm³/mol. The fourth-order valence-electron chi connectivity index (χ4n) is 7.80. The van der Waals surface area contributed by atoms with Crippen LogP contribution >= 0.6 is 0 Å². The number of unbranched alkanes of at least 4 members (excludes halogenated alkanes) is 24. The Morgan fingerprint density at radius 3 is 0.913 bits per heavy atom. The van der Waals surface area contributed by atoms with Gasteiger partial charge in [0, 0.05) is 19.3 Å². The Labute approximate surface area is 426 Å². The van der Waals surface area contributed by atoms with E-state index in [1.54, 1.807) is 0 Å². The number of carbonyl (C=O) groups excluding carboxylic acids is 3. The molecular weight excluding hydrogens is 853 g/mol. The highest BCUT2D eigenvalue weighted by atomic mass is 16.6. The lowest BCUT2D eigenvalue weighted by Crippen LogP contribution is -2.30. The number of esters is 3. The molecule has 0 rings (SSSR count). The molecule has 1 unspecified atom stereocenters. The Morgan fingerprint density at radius 2 is 0.565 bits per heavy atom. The Balaban J connectivity index is 4.41. The second-order valence-electron chi connectivity index (χ2n) is 18.8. The lowest BCUT2D eigenvalue weighted by atomic mass is 10.1. The number of rotatable bonds is 51. The SMILES string of the molecule is CC/C=C\C/C=C\C/C=C\C/C=C\CCCCCCC(=O)OC(COC(=O)CCCCC/C=C\C/C=C\C/C=C\CC)COC(=O)CCCCCCCCCCC/C=C\CCCCCCCCCC. The minimum Gasteiger partial charge on any atom is -0.462 e. The maximum absolute atomic E-state index is 12.8. The highest BCUT2D eigenvalue weighted by molar-refractivity contribution is 5.71. The van der Waals surface area contributed by atoms with Gasteiger partial charge in [0.1, 0.15) is 13.2 Å². The molecule has 0 aromatic carbocycles. The van der Waals surface area contributed by atoms with Gasteiger partial charge in [-0.25, -0.2) is 0 Å². The molecule has 1 atom stereocenters. The van der Waals surface area contributed by atoms with Gasteiger partial charge in [-0.15, -0.1) is 0 Å². The fraction of sp³-hybridized carbons (Fsp3) is 0.698. The van der Waals surface area contributed by atoms with Crippen molar-refractivity contribution in [2.75, 3.05) is 13.2 Å². The zero-order valence-corrected chi connectivity index (χ0v) is 45.0. The van der Waals surface area contributed by atoms with E-state index in [1.165, 1.54) is 103 Å². The second kappa shape index (κ2) is 56.9. The van der Waals surface area contributed by atoms with E-state index in [1.807, 2.05) is 0 Å². The van der Waals surface area contributed by atoms with E-state index in [4.69, 9.17) is 14.2 Å². The van der Waals surface area contributed by atoms with E-state index in [2.05, 4.69) is 118 Å². The summed E-state index contributed by atoms with van der Waals surface area (Å²) in [6.45, 7) is 6.37. The first kappa shape index (κ1) is 65.3. The van der Waals surface area contributed by atoms with Crippen LogP contribution in [0.4, 0.5) is 0 Å². The maximum Gasteiger partial charge on any atom is 0.306 e. The van der Waals surface area contributed by atoms with E-state index in [0.717, 1.165) is 122 Å². The standard InChI is InChI=1S/C63H106O6/c1-4-7-10-13-16-19-22-25-27-29-30-31-32-34-35-38-41-44-47-50-53-56-62(65)68-59-60(58-67-61(64)55-52-49-46-43-40-37-24-21-18-15-12-9-6-3)69-63(66)57-54-51-48-45-42-39-36-33-28-26-23-20-17-14-11-8-5-2/h8-9,11-12,17-18,20-21,26,28-30,36-37,39-40,60H,4-7,10,13-16,19,22-25,27,31-35,38,41-59H2,1-3H3/b11-8-,12-9-,20-17-,21-18-,28-26-,30-29-,39-36-,40-37-. The average Bonchev–Trinajstić information content (AvgIpc) is 3.35.